The summed E-state index contributed by atoms with van der Waals surface area (Å²) in [5, 5.41) is 8.56. The maximum absolute atomic E-state index is 14.1. The predicted molar refractivity (Wildman–Crippen MR) is 72.3 cm³/mol. The molecule has 1 fully saturated rings. The van der Waals surface area contributed by atoms with Crippen molar-refractivity contribution in [2.45, 2.75) is 19.4 Å². The number of aryl methyl sites for hydroxylation is 1. The van der Waals surface area contributed by atoms with Crippen LogP contribution >= 0.6 is 0 Å². The number of methoxy groups -OCH3 is 1. The third kappa shape index (κ3) is 1.96. The van der Waals surface area contributed by atoms with Crippen LogP contribution in [0.25, 0.3) is 10.9 Å². The van der Waals surface area contributed by atoms with Crippen LogP contribution in [0.1, 0.15) is 28.5 Å². The van der Waals surface area contributed by atoms with E-state index in [1.807, 2.05) is 11.6 Å². The molecule has 1 aromatic heterocycles. The zero-order valence-electron chi connectivity index (χ0n) is 11.4. The SMILES string of the molecule is COC(=O)c1cc2c(C)nn(C3CCNC3)c2cc1F. The number of hydrogen-bond donors (Lipinski definition) is 1. The molecule has 1 saturated heterocycles. The lowest BCUT2D eigenvalue weighted by atomic mass is 10.1. The molecule has 1 aliphatic heterocycles. The molecule has 1 aliphatic rings. The van der Waals surface area contributed by atoms with Gasteiger partial charge in [-0.25, -0.2) is 9.18 Å². The Morgan fingerprint density at radius 2 is 2.35 bits per heavy atom. The minimum absolute atomic E-state index is 0.0489. The van der Waals surface area contributed by atoms with Crippen LogP contribution in [0.5, 0.6) is 0 Å². The van der Waals surface area contributed by atoms with E-state index in [0.717, 1.165) is 36.1 Å². The first kappa shape index (κ1) is 13.1. The van der Waals surface area contributed by atoms with E-state index in [-0.39, 0.29) is 11.6 Å². The number of benzene rings is 1. The molecule has 0 saturated carbocycles. The molecule has 3 rings (SSSR count). The summed E-state index contributed by atoms with van der Waals surface area (Å²) >= 11 is 0. The topological polar surface area (TPSA) is 56.1 Å². The largest absolute Gasteiger partial charge is 0.465 e. The molecule has 5 nitrogen and oxygen atoms in total. The highest BCUT2D eigenvalue weighted by molar-refractivity contribution is 5.95. The Bertz CT molecular complexity index is 675. The molecule has 1 unspecified atom stereocenters. The molecule has 0 bridgehead atoms. The second-order valence-corrected chi connectivity index (χ2v) is 5.02. The zero-order valence-corrected chi connectivity index (χ0v) is 11.4. The zero-order chi connectivity index (χ0) is 14.3. The Balaban J connectivity index is 2.17. The van der Waals surface area contributed by atoms with Gasteiger partial charge in [-0.2, -0.15) is 5.10 Å². The summed E-state index contributed by atoms with van der Waals surface area (Å²) in [6.45, 7) is 3.63. The molecular formula is C14H16FN3O2. The van der Waals surface area contributed by atoms with Crippen molar-refractivity contribution in [2.24, 2.45) is 0 Å². The number of nitrogens with one attached hydrogen (secondary N) is 1. The number of esters is 1. The van der Waals surface area contributed by atoms with E-state index in [1.165, 1.54) is 19.2 Å². The van der Waals surface area contributed by atoms with Crippen LogP contribution < -0.4 is 5.32 Å². The molecule has 20 heavy (non-hydrogen) atoms. The first-order valence-electron chi connectivity index (χ1n) is 6.59. The number of rotatable bonds is 2. The van der Waals surface area contributed by atoms with Crippen LogP contribution in [-0.4, -0.2) is 35.9 Å². The molecule has 6 heteroatoms. The Hall–Kier alpha value is -1.95. The third-order valence-electron chi connectivity index (χ3n) is 3.77. The third-order valence-corrected chi connectivity index (χ3v) is 3.77. The van der Waals surface area contributed by atoms with Gasteiger partial charge in [-0.3, -0.25) is 4.68 Å². The van der Waals surface area contributed by atoms with Crippen molar-refractivity contribution in [3.63, 3.8) is 0 Å². The molecule has 0 aliphatic carbocycles. The fourth-order valence-electron chi connectivity index (χ4n) is 2.70. The van der Waals surface area contributed by atoms with Gasteiger partial charge in [0, 0.05) is 18.0 Å². The smallest absolute Gasteiger partial charge is 0.340 e. The van der Waals surface area contributed by atoms with Crippen LogP contribution in [0.2, 0.25) is 0 Å². The fourth-order valence-corrected chi connectivity index (χ4v) is 2.70. The van der Waals surface area contributed by atoms with E-state index in [1.54, 1.807) is 0 Å². The standard InChI is InChI=1S/C14H16FN3O2/c1-8-10-5-11(14(19)20-2)12(15)6-13(10)18(17-8)9-3-4-16-7-9/h5-6,9,16H,3-4,7H2,1-2H3. The van der Waals surface area contributed by atoms with Crippen molar-refractivity contribution in [1.29, 1.82) is 0 Å². The van der Waals surface area contributed by atoms with Crippen LogP contribution in [0.4, 0.5) is 4.39 Å². The summed E-state index contributed by atoms with van der Waals surface area (Å²) in [4.78, 5) is 11.6. The van der Waals surface area contributed by atoms with Gasteiger partial charge >= 0.3 is 5.97 Å². The van der Waals surface area contributed by atoms with E-state index < -0.39 is 11.8 Å². The summed E-state index contributed by atoms with van der Waals surface area (Å²) in [6.07, 6.45) is 0.969. The van der Waals surface area contributed by atoms with E-state index in [9.17, 15) is 9.18 Å². The average molecular weight is 277 g/mol. The van der Waals surface area contributed by atoms with Crippen LogP contribution in [0, 0.1) is 12.7 Å². The maximum atomic E-state index is 14.1. The molecule has 1 N–H and O–H groups in total. The number of carbonyl (C=O) groups excluding carboxylic acids is 1. The van der Waals surface area contributed by atoms with Gasteiger partial charge in [0.2, 0.25) is 0 Å². The molecule has 1 aromatic carbocycles. The minimum Gasteiger partial charge on any atom is -0.465 e. The van der Waals surface area contributed by atoms with Crippen molar-refractivity contribution in [3.8, 4) is 0 Å². The number of fused-ring (bicyclic) bond motifs is 1. The predicted octanol–water partition coefficient (Wildman–Crippen LogP) is 1.80. The highest BCUT2D eigenvalue weighted by atomic mass is 19.1. The number of hydrogen-bond acceptors (Lipinski definition) is 4. The van der Waals surface area contributed by atoms with Gasteiger partial charge in [0.15, 0.2) is 0 Å². The van der Waals surface area contributed by atoms with Gasteiger partial charge in [0.1, 0.15) is 5.82 Å². The molecule has 0 amide bonds. The van der Waals surface area contributed by atoms with E-state index in [2.05, 4.69) is 15.2 Å². The molecule has 2 aromatic rings. The van der Waals surface area contributed by atoms with Gasteiger partial charge in [-0.15, -0.1) is 0 Å². The highest BCUT2D eigenvalue weighted by Crippen LogP contribution is 2.27. The van der Waals surface area contributed by atoms with Crippen LogP contribution in [0.3, 0.4) is 0 Å². The van der Waals surface area contributed by atoms with Crippen molar-refractivity contribution in [1.82, 2.24) is 15.1 Å². The van der Waals surface area contributed by atoms with Gasteiger partial charge in [-0.1, -0.05) is 0 Å². The number of aromatic nitrogens is 2. The monoisotopic (exact) mass is 277 g/mol. The summed E-state index contributed by atoms with van der Waals surface area (Å²) < 4.78 is 20.5. The van der Waals surface area contributed by atoms with Crippen molar-refractivity contribution < 1.29 is 13.9 Å². The lowest BCUT2D eigenvalue weighted by Crippen LogP contribution is -2.14. The van der Waals surface area contributed by atoms with E-state index >= 15 is 0 Å². The summed E-state index contributed by atoms with van der Waals surface area (Å²) in [5.74, 6) is -1.24. The lowest BCUT2D eigenvalue weighted by molar-refractivity contribution is 0.0596. The summed E-state index contributed by atoms with van der Waals surface area (Å²) in [6, 6.07) is 3.13. The van der Waals surface area contributed by atoms with Gasteiger partial charge in [0.05, 0.1) is 29.9 Å². The fraction of sp³-hybridized carbons (Fsp3) is 0.429. The molecule has 2 heterocycles. The molecule has 0 spiro atoms. The normalized spacial score (nSPS) is 18.6. The number of ether oxygens (including phenoxy) is 1. The average Bonchev–Trinajstić information content (AvgIpc) is 3.06. The number of halogens is 1. The van der Waals surface area contributed by atoms with Gasteiger partial charge in [0.25, 0.3) is 0 Å². The Morgan fingerprint density at radius 1 is 1.55 bits per heavy atom. The van der Waals surface area contributed by atoms with E-state index in [0.29, 0.717) is 0 Å². The Morgan fingerprint density at radius 3 is 3.00 bits per heavy atom. The highest BCUT2D eigenvalue weighted by Gasteiger charge is 2.23. The Kier molecular flexibility index (Phi) is 3.17. The summed E-state index contributed by atoms with van der Waals surface area (Å²) in [5.41, 5.74) is 1.46. The van der Waals surface area contributed by atoms with Crippen LogP contribution in [0.15, 0.2) is 12.1 Å². The second-order valence-electron chi connectivity index (χ2n) is 5.02. The van der Waals surface area contributed by atoms with Gasteiger partial charge < -0.3 is 10.1 Å². The Labute approximate surface area is 115 Å². The van der Waals surface area contributed by atoms with E-state index in [4.69, 9.17) is 0 Å². The lowest BCUT2D eigenvalue weighted by Gasteiger charge is -2.11. The molecule has 1 atom stereocenters. The van der Waals surface area contributed by atoms with Crippen molar-refractivity contribution in [2.75, 3.05) is 20.2 Å². The minimum atomic E-state index is -0.668. The van der Waals surface area contributed by atoms with Crippen molar-refractivity contribution >= 4 is 16.9 Å². The maximum Gasteiger partial charge on any atom is 0.340 e. The van der Waals surface area contributed by atoms with Crippen molar-refractivity contribution in [3.05, 3.63) is 29.2 Å². The second kappa shape index (κ2) is 4.86. The number of nitrogens with zero attached hydrogens (tertiary/aromatic N) is 2. The van der Waals surface area contributed by atoms with Gasteiger partial charge in [-0.05, 0) is 26.0 Å². The van der Waals surface area contributed by atoms with Crippen LogP contribution in [-0.2, 0) is 4.74 Å². The first-order valence-corrected chi connectivity index (χ1v) is 6.59. The first-order chi connectivity index (χ1) is 9.61. The summed E-state index contributed by atoms with van der Waals surface area (Å²) in [7, 11) is 1.24. The quantitative estimate of drug-likeness (QED) is 0.851. The molecule has 106 valence electrons. The number of carbonyl (C=O) groups is 1. The molecule has 0 radical (unpaired) electrons. The molecular weight excluding hydrogens is 261 g/mol.